The lowest BCUT2D eigenvalue weighted by Crippen LogP contribution is -2.47. The maximum atomic E-state index is 12.7. The van der Waals surface area contributed by atoms with Gasteiger partial charge in [-0.2, -0.15) is 0 Å². The van der Waals surface area contributed by atoms with Crippen LogP contribution < -0.4 is 0 Å². The maximum Gasteiger partial charge on any atom is 0.254 e. The van der Waals surface area contributed by atoms with E-state index in [0.29, 0.717) is 22.6 Å². The van der Waals surface area contributed by atoms with Crippen LogP contribution in [0.4, 0.5) is 0 Å². The molecular formula is C19H19N3O2. The van der Waals surface area contributed by atoms with E-state index in [2.05, 4.69) is 16.9 Å². The summed E-state index contributed by atoms with van der Waals surface area (Å²) < 4.78 is 5.81. The zero-order valence-electron chi connectivity index (χ0n) is 13.6. The summed E-state index contributed by atoms with van der Waals surface area (Å²) in [6.45, 7) is 3.36. The van der Waals surface area contributed by atoms with Crippen molar-refractivity contribution in [2.24, 2.45) is 0 Å². The van der Waals surface area contributed by atoms with E-state index in [-0.39, 0.29) is 5.91 Å². The lowest BCUT2D eigenvalue weighted by atomic mass is 10.1. The molecule has 0 aliphatic carbocycles. The van der Waals surface area contributed by atoms with Crippen molar-refractivity contribution < 1.29 is 9.21 Å². The Morgan fingerprint density at radius 1 is 1.04 bits per heavy atom. The molecule has 0 N–H and O–H groups in total. The summed E-state index contributed by atoms with van der Waals surface area (Å²) in [5, 5.41) is 0. The fourth-order valence-electron chi connectivity index (χ4n) is 2.96. The van der Waals surface area contributed by atoms with Crippen molar-refractivity contribution in [3.05, 3.63) is 54.1 Å². The molecular weight excluding hydrogens is 302 g/mol. The first kappa shape index (κ1) is 14.9. The zero-order valence-corrected chi connectivity index (χ0v) is 13.6. The largest absolute Gasteiger partial charge is 0.436 e. The Balaban J connectivity index is 1.62. The van der Waals surface area contributed by atoms with Gasteiger partial charge in [-0.05, 0) is 37.4 Å². The molecule has 3 aromatic rings. The molecule has 1 fully saturated rings. The summed E-state index contributed by atoms with van der Waals surface area (Å²) in [5.41, 5.74) is 3.01. The molecule has 0 radical (unpaired) electrons. The Morgan fingerprint density at radius 2 is 1.79 bits per heavy atom. The highest BCUT2D eigenvalue weighted by Crippen LogP contribution is 2.25. The van der Waals surface area contributed by atoms with E-state index in [1.807, 2.05) is 53.4 Å². The second-order valence-corrected chi connectivity index (χ2v) is 6.16. The number of likely N-dealkylation sites (N-methyl/N-ethyl adjacent to an activating group) is 1. The molecule has 1 amide bonds. The van der Waals surface area contributed by atoms with Crippen LogP contribution in [0.2, 0.25) is 0 Å². The summed E-state index contributed by atoms with van der Waals surface area (Å²) in [5.74, 6) is 0.643. The van der Waals surface area contributed by atoms with Gasteiger partial charge in [0.15, 0.2) is 5.58 Å². The number of amides is 1. The number of aromatic nitrogens is 1. The van der Waals surface area contributed by atoms with E-state index >= 15 is 0 Å². The Kier molecular flexibility index (Phi) is 3.78. The molecule has 2 heterocycles. The van der Waals surface area contributed by atoms with E-state index in [9.17, 15) is 4.79 Å². The molecule has 1 aliphatic heterocycles. The van der Waals surface area contributed by atoms with Crippen LogP contribution in [0.25, 0.3) is 22.6 Å². The predicted octanol–water partition coefficient (Wildman–Crippen LogP) is 2.88. The van der Waals surface area contributed by atoms with Crippen molar-refractivity contribution in [1.82, 2.24) is 14.8 Å². The smallest absolute Gasteiger partial charge is 0.254 e. The van der Waals surface area contributed by atoms with Gasteiger partial charge in [-0.25, -0.2) is 4.98 Å². The van der Waals surface area contributed by atoms with Gasteiger partial charge in [0.25, 0.3) is 5.91 Å². The minimum absolute atomic E-state index is 0.0641. The molecule has 5 nitrogen and oxygen atoms in total. The molecule has 0 unspecified atom stereocenters. The van der Waals surface area contributed by atoms with Crippen molar-refractivity contribution in [1.29, 1.82) is 0 Å². The summed E-state index contributed by atoms with van der Waals surface area (Å²) in [4.78, 5) is 21.3. The first-order chi connectivity index (χ1) is 11.7. The standard InChI is InChI=1S/C19H19N3O2/c1-21-9-11-22(12-10-21)19(23)15-7-8-17-16(13-15)20-18(24-17)14-5-3-2-4-6-14/h2-8,13H,9-12H2,1H3. The average molecular weight is 321 g/mol. The van der Waals surface area contributed by atoms with Crippen LogP contribution in [0.5, 0.6) is 0 Å². The third kappa shape index (κ3) is 2.78. The van der Waals surface area contributed by atoms with Crippen LogP contribution in [-0.2, 0) is 0 Å². The van der Waals surface area contributed by atoms with Crippen molar-refractivity contribution in [2.45, 2.75) is 0 Å². The van der Waals surface area contributed by atoms with Gasteiger partial charge in [-0.3, -0.25) is 4.79 Å². The lowest BCUT2D eigenvalue weighted by molar-refractivity contribution is 0.0664. The van der Waals surface area contributed by atoms with Crippen molar-refractivity contribution >= 4 is 17.0 Å². The third-order valence-corrected chi connectivity index (χ3v) is 4.45. The van der Waals surface area contributed by atoms with E-state index in [4.69, 9.17) is 4.42 Å². The number of hydrogen-bond donors (Lipinski definition) is 0. The number of carbonyl (C=O) groups is 1. The average Bonchev–Trinajstić information content (AvgIpc) is 3.06. The van der Waals surface area contributed by atoms with Crippen LogP contribution in [0.3, 0.4) is 0 Å². The van der Waals surface area contributed by atoms with E-state index in [0.717, 1.165) is 31.7 Å². The fraction of sp³-hybridized carbons (Fsp3) is 0.263. The fourth-order valence-corrected chi connectivity index (χ4v) is 2.96. The Labute approximate surface area is 140 Å². The number of fused-ring (bicyclic) bond motifs is 1. The molecule has 5 heteroatoms. The molecule has 122 valence electrons. The van der Waals surface area contributed by atoms with Crippen LogP contribution in [-0.4, -0.2) is 53.9 Å². The van der Waals surface area contributed by atoms with Gasteiger partial charge in [0, 0.05) is 37.3 Å². The number of rotatable bonds is 2. The van der Waals surface area contributed by atoms with Crippen molar-refractivity contribution in [2.75, 3.05) is 33.2 Å². The van der Waals surface area contributed by atoms with Gasteiger partial charge in [0.2, 0.25) is 5.89 Å². The van der Waals surface area contributed by atoms with Gasteiger partial charge < -0.3 is 14.2 Å². The Morgan fingerprint density at radius 3 is 2.54 bits per heavy atom. The molecule has 24 heavy (non-hydrogen) atoms. The first-order valence-corrected chi connectivity index (χ1v) is 8.14. The van der Waals surface area contributed by atoms with Crippen LogP contribution in [0.15, 0.2) is 52.9 Å². The molecule has 1 aromatic heterocycles. The Bertz CT molecular complexity index is 865. The summed E-state index contributed by atoms with van der Waals surface area (Å²) in [7, 11) is 2.08. The second kappa shape index (κ2) is 6.09. The number of oxazole rings is 1. The van der Waals surface area contributed by atoms with Crippen molar-refractivity contribution in [3.8, 4) is 11.5 Å². The van der Waals surface area contributed by atoms with Crippen molar-refractivity contribution in [3.63, 3.8) is 0 Å². The van der Waals surface area contributed by atoms with Gasteiger partial charge in [0.1, 0.15) is 5.52 Å². The summed E-state index contributed by atoms with van der Waals surface area (Å²) >= 11 is 0. The molecule has 1 aliphatic rings. The SMILES string of the molecule is CN1CCN(C(=O)c2ccc3oc(-c4ccccc4)nc3c2)CC1. The minimum Gasteiger partial charge on any atom is -0.436 e. The number of carbonyl (C=O) groups excluding carboxylic acids is 1. The van der Waals surface area contributed by atoms with Gasteiger partial charge in [-0.1, -0.05) is 18.2 Å². The quantitative estimate of drug-likeness (QED) is 0.728. The highest BCUT2D eigenvalue weighted by molar-refractivity contribution is 5.97. The summed E-state index contributed by atoms with van der Waals surface area (Å²) in [6, 6.07) is 15.3. The lowest BCUT2D eigenvalue weighted by Gasteiger charge is -2.32. The van der Waals surface area contributed by atoms with E-state index in [1.165, 1.54) is 0 Å². The van der Waals surface area contributed by atoms with E-state index < -0.39 is 0 Å². The van der Waals surface area contributed by atoms with Gasteiger partial charge >= 0.3 is 0 Å². The predicted molar refractivity (Wildman–Crippen MR) is 92.8 cm³/mol. The molecule has 0 bridgehead atoms. The van der Waals surface area contributed by atoms with Crippen LogP contribution >= 0.6 is 0 Å². The number of benzene rings is 2. The van der Waals surface area contributed by atoms with Crippen LogP contribution in [0.1, 0.15) is 10.4 Å². The van der Waals surface area contributed by atoms with Gasteiger partial charge in [-0.15, -0.1) is 0 Å². The molecule has 0 spiro atoms. The molecule has 4 rings (SSSR count). The van der Waals surface area contributed by atoms with Crippen LogP contribution in [0, 0.1) is 0 Å². The molecule has 2 aromatic carbocycles. The zero-order chi connectivity index (χ0) is 16.5. The number of piperazine rings is 1. The highest BCUT2D eigenvalue weighted by Gasteiger charge is 2.21. The highest BCUT2D eigenvalue weighted by atomic mass is 16.3. The summed E-state index contributed by atoms with van der Waals surface area (Å²) in [6.07, 6.45) is 0. The van der Waals surface area contributed by atoms with Gasteiger partial charge in [0.05, 0.1) is 0 Å². The normalized spacial score (nSPS) is 15.8. The molecule has 1 saturated heterocycles. The molecule has 0 saturated carbocycles. The first-order valence-electron chi connectivity index (χ1n) is 8.14. The minimum atomic E-state index is 0.0641. The second-order valence-electron chi connectivity index (χ2n) is 6.16. The molecule has 0 atom stereocenters. The topological polar surface area (TPSA) is 49.6 Å². The Hall–Kier alpha value is -2.66. The number of hydrogen-bond acceptors (Lipinski definition) is 4. The van der Waals surface area contributed by atoms with E-state index in [1.54, 1.807) is 0 Å². The maximum absolute atomic E-state index is 12.7. The third-order valence-electron chi connectivity index (χ3n) is 4.45. The monoisotopic (exact) mass is 321 g/mol. The number of nitrogens with zero attached hydrogens (tertiary/aromatic N) is 3.